The Morgan fingerprint density at radius 2 is 1.68 bits per heavy atom. The molecule has 9 atom stereocenters. The third-order valence-corrected chi connectivity index (χ3v) is 17.5. The lowest BCUT2D eigenvalue weighted by molar-refractivity contribution is -0.208. The Morgan fingerprint density at radius 1 is 1.00 bits per heavy atom. The van der Waals surface area contributed by atoms with Gasteiger partial charge in [-0.25, -0.2) is 4.79 Å². The van der Waals surface area contributed by atoms with E-state index < -0.39 is 8.32 Å². The molecule has 1 aliphatic heterocycles. The van der Waals surface area contributed by atoms with Gasteiger partial charge in [-0.1, -0.05) is 61.0 Å². The van der Waals surface area contributed by atoms with Crippen LogP contribution in [0.3, 0.4) is 0 Å². The summed E-state index contributed by atoms with van der Waals surface area (Å²) in [5.41, 5.74) is 2.94. The van der Waals surface area contributed by atoms with Crippen LogP contribution in [-0.4, -0.2) is 26.5 Å². The second-order valence-electron chi connectivity index (χ2n) is 16.3. The van der Waals surface area contributed by atoms with E-state index in [-0.39, 0.29) is 22.5 Å². The Hall–Kier alpha value is -0.613. The number of ether oxygens (including phenoxy) is 1. The summed E-state index contributed by atoms with van der Waals surface area (Å²) < 4.78 is 13.5. The second-order valence-corrected chi connectivity index (χ2v) is 21.0. The molecule has 0 bridgehead atoms. The Morgan fingerprint density at radius 3 is 2.32 bits per heavy atom. The normalized spacial score (nSPS) is 44.5. The Balaban J connectivity index is 1.38. The first kappa shape index (κ1) is 27.9. The summed E-state index contributed by atoms with van der Waals surface area (Å²) >= 11 is 0. The monoisotopic (exact) mass is 528 g/mol. The van der Waals surface area contributed by atoms with Gasteiger partial charge in [0.2, 0.25) is 0 Å². The summed E-state index contributed by atoms with van der Waals surface area (Å²) in [7, 11) is -1.75. The van der Waals surface area contributed by atoms with Crippen molar-refractivity contribution in [1.29, 1.82) is 0 Å². The van der Waals surface area contributed by atoms with Crippen molar-refractivity contribution < 1.29 is 14.0 Å². The molecule has 0 radical (unpaired) electrons. The smallest absolute Gasteiger partial charge is 0.334 e. The number of allylic oxidation sites excluding steroid dienone is 1. The summed E-state index contributed by atoms with van der Waals surface area (Å²) in [4.78, 5) is 13.7. The molecule has 1 saturated heterocycles. The molecule has 5 rings (SSSR count). The van der Waals surface area contributed by atoms with Crippen molar-refractivity contribution in [2.75, 3.05) is 0 Å². The van der Waals surface area contributed by atoms with E-state index >= 15 is 0 Å². The van der Waals surface area contributed by atoms with Gasteiger partial charge in [-0.15, -0.1) is 0 Å². The van der Waals surface area contributed by atoms with Gasteiger partial charge < -0.3 is 9.16 Å². The van der Waals surface area contributed by atoms with Gasteiger partial charge in [-0.05, 0) is 111 Å². The zero-order valence-electron chi connectivity index (χ0n) is 25.7. The largest absolute Gasteiger partial charge is 0.458 e. The van der Waals surface area contributed by atoms with Crippen molar-refractivity contribution in [2.45, 2.75) is 144 Å². The molecule has 4 fully saturated rings. The number of carbonyl (C=O) groups is 1. The molecule has 1 unspecified atom stereocenters. The van der Waals surface area contributed by atoms with Crippen LogP contribution in [0.15, 0.2) is 11.1 Å². The van der Waals surface area contributed by atoms with E-state index in [1.165, 1.54) is 56.9 Å². The van der Waals surface area contributed by atoms with E-state index in [4.69, 9.17) is 9.16 Å². The lowest BCUT2D eigenvalue weighted by atomic mass is 9.43. The zero-order valence-corrected chi connectivity index (χ0v) is 26.7. The minimum atomic E-state index is -1.75. The lowest BCUT2D eigenvalue weighted by Gasteiger charge is -2.64. The van der Waals surface area contributed by atoms with Crippen LogP contribution in [-0.2, 0) is 14.0 Å². The highest BCUT2D eigenvalue weighted by molar-refractivity contribution is 6.74. The van der Waals surface area contributed by atoms with E-state index in [0.717, 1.165) is 17.9 Å². The van der Waals surface area contributed by atoms with Crippen LogP contribution in [0.5, 0.6) is 0 Å². The van der Waals surface area contributed by atoms with Crippen molar-refractivity contribution in [3.05, 3.63) is 11.1 Å². The van der Waals surface area contributed by atoms with Crippen LogP contribution in [0.4, 0.5) is 0 Å². The third-order valence-electron chi connectivity index (χ3n) is 13.0. The highest BCUT2D eigenvalue weighted by Crippen LogP contribution is 2.66. The van der Waals surface area contributed by atoms with Gasteiger partial charge in [-0.3, -0.25) is 0 Å². The van der Waals surface area contributed by atoms with Gasteiger partial charge in [0.15, 0.2) is 8.32 Å². The van der Waals surface area contributed by atoms with E-state index in [0.29, 0.717) is 41.1 Å². The van der Waals surface area contributed by atoms with Gasteiger partial charge >= 0.3 is 5.97 Å². The van der Waals surface area contributed by atoms with Gasteiger partial charge in [0.05, 0.1) is 0 Å². The highest BCUT2D eigenvalue weighted by atomic mass is 28.4. The summed E-state index contributed by atoms with van der Waals surface area (Å²) in [5, 5.41) is 0.267. The van der Waals surface area contributed by atoms with Crippen LogP contribution in [0.25, 0.3) is 0 Å². The quantitative estimate of drug-likeness (QED) is 0.271. The van der Waals surface area contributed by atoms with E-state index in [9.17, 15) is 4.79 Å². The fraction of sp³-hybridized carbons (Fsp3) is 0.909. The first-order chi connectivity index (χ1) is 17.1. The van der Waals surface area contributed by atoms with Gasteiger partial charge in [0.1, 0.15) is 6.10 Å². The molecule has 0 amide bonds. The SMILES string of the molecule is CC(C)C1=C2C(=O)O[C@H]3[C@@H]4CC[C@H]5C[C@@H](O[Si](C)(C)C(C)(C)C)CC[C@]5(C)[C@H]4CC[C@]3(C)C2[C@H](C)CC1. The van der Waals surface area contributed by atoms with Crippen LogP contribution < -0.4 is 0 Å². The predicted octanol–water partition coefficient (Wildman–Crippen LogP) is 8.93. The van der Waals surface area contributed by atoms with Crippen LogP contribution in [0, 0.1) is 46.3 Å². The molecule has 3 nitrogen and oxygen atoms in total. The molecular formula is C33H56O3Si. The van der Waals surface area contributed by atoms with Gasteiger partial charge in [-0.2, -0.15) is 0 Å². The number of hydrogen-bond donors (Lipinski definition) is 0. The standard InChI is InChI=1S/C33H56O3Si/c1-20(2)24-13-11-21(3)28-27(24)30(34)35-29-25-14-12-22-19-23(36-37(9,10)31(4,5)6)15-17-32(22,7)26(25)16-18-33(28,29)8/h20-23,25-26,28-29H,11-19H2,1-10H3/t21-,22+,23+,25-,26+,28?,29+,32+,33-/m1/s1. The average Bonchev–Trinajstić information content (AvgIpc) is 2.79. The minimum Gasteiger partial charge on any atom is -0.458 e. The van der Waals surface area contributed by atoms with Crippen molar-refractivity contribution in [2.24, 2.45) is 46.3 Å². The van der Waals surface area contributed by atoms with Crippen molar-refractivity contribution in [3.63, 3.8) is 0 Å². The average molecular weight is 529 g/mol. The summed E-state index contributed by atoms with van der Waals surface area (Å²) in [6.07, 6.45) is 11.6. The molecule has 5 aliphatic rings. The third kappa shape index (κ3) is 4.34. The van der Waals surface area contributed by atoms with E-state index in [2.05, 4.69) is 68.5 Å². The molecule has 3 saturated carbocycles. The summed E-state index contributed by atoms with van der Waals surface area (Å²) in [5.74, 6) is 3.39. The zero-order chi connectivity index (χ0) is 27.1. The number of carbonyl (C=O) groups excluding carboxylic acids is 1. The summed E-state index contributed by atoms with van der Waals surface area (Å²) in [6, 6.07) is 0. The lowest BCUT2D eigenvalue weighted by Crippen LogP contribution is -2.62. The predicted molar refractivity (Wildman–Crippen MR) is 155 cm³/mol. The number of hydrogen-bond acceptors (Lipinski definition) is 3. The number of fused-ring (bicyclic) bond motifs is 7. The first-order valence-electron chi connectivity index (χ1n) is 15.7. The van der Waals surface area contributed by atoms with Crippen molar-refractivity contribution in [3.8, 4) is 0 Å². The van der Waals surface area contributed by atoms with E-state index in [1.807, 2.05) is 0 Å². The van der Waals surface area contributed by atoms with Crippen molar-refractivity contribution >= 4 is 14.3 Å². The Bertz CT molecular complexity index is 944. The first-order valence-corrected chi connectivity index (χ1v) is 18.6. The Labute approximate surface area is 229 Å². The van der Waals surface area contributed by atoms with E-state index in [1.54, 1.807) is 0 Å². The molecule has 0 spiro atoms. The second kappa shape index (κ2) is 9.21. The van der Waals surface area contributed by atoms with Crippen LogP contribution >= 0.6 is 0 Å². The van der Waals surface area contributed by atoms with Crippen molar-refractivity contribution in [1.82, 2.24) is 0 Å². The molecule has 37 heavy (non-hydrogen) atoms. The van der Waals surface area contributed by atoms with Crippen LogP contribution in [0.1, 0.15) is 113 Å². The molecule has 0 N–H and O–H groups in total. The molecule has 0 aromatic rings. The molecule has 210 valence electrons. The maximum absolute atomic E-state index is 13.7. The molecule has 0 aromatic heterocycles. The molecule has 4 heteroatoms. The summed E-state index contributed by atoms with van der Waals surface area (Å²) in [6.45, 7) is 24.0. The van der Waals surface area contributed by atoms with Gasteiger partial charge in [0, 0.05) is 23.0 Å². The Kier molecular flexibility index (Phi) is 6.96. The minimum absolute atomic E-state index is 0.0436. The fourth-order valence-corrected chi connectivity index (χ4v) is 11.2. The number of esters is 1. The molecule has 1 heterocycles. The molecule has 0 aromatic carbocycles. The fourth-order valence-electron chi connectivity index (χ4n) is 9.84. The van der Waals surface area contributed by atoms with Gasteiger partial charge in [0.25, 0.3) is 0 Å². The number of rotatable bonds is 3. The molecule has 4 aliphatic carbocycles. The maximum atomic E-state index is 13.7. The van der Waals surface area contributed by atoms with Crippen LogP contribution in [0.2, 0.25) is 18.1 Å². The topological polar surface area (TPSA) is 35.5 Å². The highest BCUT2D eigenvalue weighted by Gasteiger charge is 2.64. The molecular weight excluding hydrogens is 472 g/mol. The maximum Gasteiger partial charge on any atom is 0.334 e.